The van der Waals surface area contributed by atoms with Gasteiger partial charge >= 0.3 is 0 Å². The minimum atomic E-state index is -1.39. The van der Waals surface area contributed by atoms with Crippen LogP contribution in [0.4, 0.5) is 5.69 Å². The highest BCUT2D eigenvalue weighted by Crippen LogP contribution is 2.21. The lowest BCUT2D eigenvalue weighted by Crippen LogP contribution is -2.42. The Labute approximate surface area is 143 Å². The molecule has 5 atom stereocenters. The highest BCUT2D eigenvalue weighted by Gasteiger charge is 2.27. The minimum Gasteiger partial charge on any atom is -0.497 e. The molecule has 6 heteroatoms. The molecule has 1 aromatic carbocycles. The quantitative estimate of drug-likeness (QED) is 0.388. The van der Waals surface area contributed by atoms with Crippen molar-refractivity contribution in [2.75, 3.05) is 19.0 Å². The van der Waals surface area contributed by atoms with Crippen LogP contribution in [-0.2, 0) is 0 Å². The van der Waals surface area contributed by atoms with E-state index in [2.05, 4.69) is 11.9 Å². The van der Waals surface area contributed by atoms with Gasteiger partial charge in [0.2, 0.25) is 0 Å². The largest absolute Gasteiger partial charge is 0.497 e. The lowest BCUT2D eigenvalue weighted by Gasteiger charge is -2.28. The first-order chi connectivity index (χ1) is 11.4. The van der Waals surface area contributed by atoms with Gasteiger partial charge in [-0.05, 0) is 43.0 Å². The molecule has 0 amide bonds. The smallest absolute Gasteiger partial charge is 0.119 e. The number of hydrogen-bond donors (Lipinski definition) is 5. The van der Waals surface area contributed by atoms with Gasteiger partial charge in [-0.15, -0.1) is 6.58 Å². The van der Waals surface area contributed by atoms with E-state index in [-0.39, 0.29) is 18.4 Å². The van der Waals surface area contributed by atoms with Crippen LogP contribution < -0.4 is 10.1 Å². The molecule has 0 spiro atoms. The zero-order chi connectivity index (χ0) is 18.1. The van der Waals surface area contributed by atoms with Gasteiger partial charge in [0.1, 0.15) is 18.0 Å². The third-order valence-corrected chi connectivity index (χ3v) is 4.02. The Bertz CT molecular complexity index is 479. The van der Waals surface area contributed by atoms with Gasteiger partial charge in [-0.3, -0.25) is 0 Å². The topological polar surface area (TPSA) is 102 Å². The van der Waals surface area contributed by atoms with Crippen LogP contribution in [0.1, 0.15) is 19.8 Å². The van der Waals surface area contributed by atoms with Crippen molar-refractivity contribution in [1.29, 1.82) is 0 Å². The van der Waals surface area contributed by atoms with E-state index in [4.69, 9.17) is 9.84 Å². The Kier molecular flexibility index (Phi) is 8.78. The van der Waals surface area contributed by atoms with Gasteiger partial charge in [-0.1, -0.05) is 13.0 Å². The maximum atomic E-state index is 10.1. The molecule has 5 N–H and O–H groups in total. The Balaban J connectivity index is 2.76. The van der Waals surface area contributed by atoms with Gasteiger partial charge in [0.25, 0.3) is 0 Å². The van der Waals surface area contributed by atoms with Crippen molar-refractivity contribution in [2.45, 2.75) is 44.1 Å². The fourth-order valence-electron chi connectivity index (χ4n) is 2.48. The third kappa shape index (κ3) is 6.49. The molecular weight excluding hydrogens is 310 g/mol. The predicted molar refractivity (Wildman–Crippen MR) is 94.1 cm³/mol. The fourth-order valence-corrected chi connectivity index (χ4v) is 2.48. The molecule has 0 heterocycles. The lowest BCUT2D eigenvalue weighted by atomic mass is 9.94. The number of ether oxygens (including phenoxy) is 1. The van der Waals surface area contributed by atoms with E-state index in [1.54, 1.807) is 7.11 Å². The van der Waals surface area contributed by atoms with E-state index >= 15 is 0 Å². The number of rotatable bonds is 11. The summed E-state index contributed by atoms with van der Waals surface area (Å²) < 4.78 is 5.13. The second kappa shape index (κ2) is 10.3. The summed E-state index contributed by atoms with van der Waals surface area (Å²) >= 11 is 0. The summed E-state index contributed by atoms with van der Waals surface area (Å²) in [6.07, 6.45) is -1.15. The van der Waals surface area contributed by atoms with E-state index < -0.39 is 24.9 Å². The highest BCUT2D eigenvalue weighted by molar-refractivity contribution is 5.47. The summed E-state index contributed by atoms with van der Waals surface area (Å²) in [5.74, 6) is 0.964. The third-order valence-electron chi connectivity index (χ3n) is 4.02. The molecule has 0 aromatic heterocycles. The molecule has 1 aromatic rings. The van der Waals surface area contributed by atoms with Gasteiger partial charge in [0.15, 0.2) is 0 Å². The van der Waals surface area contributed by atoms with Crippen LogP contribution in [0.2, 0.25) is 0 Å². The molecule has 0 aliphatic rings. The molecule has 0 aliphatic carbocycles. The van der Waals surface area contributed by atoms with E-state index in [0.717, 1.165) is 11.4 Å². The molecule has 0 fully saturated rings. The summed E-state index contributed by atoms with van der Waals surface area (Å²) in [6, 6.07) is 7.27. The van der Waals surface area contributed by atoms with Crippen molar-refractivity contribution < 1.29 is 25.2 Å². The first-order valence-electron chi connectivity index (χ1n) is 8.09. The Morgan fingerprint density at radius 1 is 1.12 bits per heavy atom. The summed E-state index contributed by atoms with van der Waals surface area (Å²) in [5.41, 5.74) is 0.862. The van der Waals surface area contributed by atoms with Gasteiger partial charge < -0.3 is 30.5 Å². The number of aliphatic hydroxyl groups is 4. The summed E-state index contributed by atoms with van der Waals surface area (Å²) in [7, 11) is 1.60. The number of allylic oxidation sites excluding steroid dienone is 1. The van der Waals surface area contributed by atoms with Crippen LogP contribution in [0, 0.1) is 5.92 Å². The monoisotopic (exact) mass is 339 g/mol. The molecule has 0 aliphatic heterocycles. The summed E-state index contributed by atoms with van der Waals surface area (Å²) in [4.78, 5) is 0. The van der Waals surface area contributed by atoms with E-state index in [0.29, 0.717) is 6.42 Å². The van der Waals surface area contributed by atoms with Crippen molar-refractivity contribution in [3.8, 4) is 5.75 Å². The normalized spacial score (nSPS) is 17.4. The second-order valence-electron chi connectivity index (χ2n) is 6.06. The Morgan fingerprint density at radius 3 is 2.25 bits per heavy atom. The van der Waals surface area contributed by atoms with Crippen LogP contribution in [0.5, 0.6) is 5.75 Å². The molecule has 0 saturated heterocycles. The van der Waals surface area contributed by atoms with Crippen molar-refractivity contribution >= 4 is 5.69 Å². The predicted octanol–water partition coefficient (Wildman–Crippen LogP) is 1.15. The maximum Gasteiger partial charge on any atom is 0.119 e. The maximum absolute atomic E-state index is 10.1. The van der Waals surface area contributed by atoms with Crippen LogP contribution in [0.25, 0.3) is 0 Å². The van der Waals surface area contributed by atoms with Crippen LogP contribution in [0.3, 0.4) is 0 Å². The number of hydrogen-bond acceptors (Lipinski definition) is 6. The molecule has 0 radical (unpaired) electrons. The Hall–Kier alpha value is -1.60. The number of anilines is 1. The Morgan fingerprint density at radius 2 is 1.75 bits per heavy atom. The van der Waals surface area contributed by atoms with Crippen LogP contribution in [0.15, 0.2) is 36.9 Å². The van der Waals surface area contributed by atoms with Crippen LogP contribution >= 0.6 is 0 Å². The number of aliphatic hydroxyl groups excluding tert-OH is 4. The van der Waals surface area contributed by atoms with E-state index in [1.807, 2.05) is 37.3 Å². The van der Waals surface area contributed by atoms with Gasteiger partial charge in [-0.25, -0.2) is 0 Å². The van der Waals surface area contributed by atoms with Crippen molar-refractivity contribution in [3.63, 3.8) is 0 Å². The summed E-state index contributed by atoms with van der Waals surface area (Å²) in [6.45, 7) is 5.19. The molecule has 2 unspecified atom stereocenters. The molecule has 0 saturated carbocycles. The molecular formula is C18H29NO5. The van der Waals surface area contributed by atoms with Crippen molar-refractivity contribution in [2.24, 2.45) is 5.92 Å². The average Bonchev–Trinajstić information content (AvgIpc) is 2.60. The zero-order valence-electron chi connectivity index (χ0n) is 14.3. The fraction of sp³-hybridized carbons (Fsp3) is 0.556. The van der Waals surface area contributed by atoms with Crippen molar-refractivity contribution in [3.05, 3.63) is 36.9 Å². The molecule has 1 rings (SSSR count). The number of methoxy groups -OCH3 is 1. The molecule has 0 bridgehead atoms. The number of benzene rings is 1. The van der Waals surface area contributed by atoms with E-state index in [1.165, 1.54) is 0 Å². The van der Waals surface area contributed by atoms with Gasteiger partial charge in [0.05, 0.1) is 19.8 Å². The minimum absolute atomic E-state index is 0.137. The first-order valence-corrected chi connectivity index (χ1v) is 8.09. The van der Waals surface area contributed by atoms with Crippen LogP contribution in [-0.4, -0.2) is 58.5 Å². The molecule has 24 heavy (non-hydrogen) atoms. The van der Waals surface area contributed by atoms with Gasteiger partial charge in [-0.2, -0.15) is 0 Å². The standard InChI is InChI=1S/C18H29NO5/c1-4-12(2)9-14(10-16(21)18(23)17(22)11-20)19-13-5-7-15(24-3)8-6-13/h4-8,12,14,16-23H,1,9-11H2,2-3H3/t12?,14?,16-,17-,18+/m1/s1. The van der Waals surface area contributed by atoms with Gasteiger partial charge in [0, 0.05) is 11.7 Å². The zero-order valence-corrected chi connectivity index (χ0v) is 14.3. The summed E-state index contributed by atoms with van der Waals surface area (Å²) in [5, 5.41) is 41.7. The highest BCUT2D eigenvalue weighted by atomic mass is 16.5. The number of nitrogens with one attached hydrogen (secondary N) is 1. The average molecular weight is 339 g/mol. The molecule has 6 nitrogen and oxygen atoms in total. The lowest BCUT2D eigenvalue weighted by molar-refractivity contribution is -0.0795. The van der Waals surface area contributed by atoms with E-state index in [9.17, 15) is 15.3 Å². The second-order valence-corrected chi connectivity index (χ2v) is 6.06. The van der Waals surface area contributed by atoms with Crippen molar-refractivity contribution in [1.82, 2.24) is 0 Å². The SMILES string of the molecule is C=CC(C)CC(C[C@@H](O)[C@H](O)[C@H](O)CO)Nc1ccc(OC)cc1. The first kappa shape index (κ1) is 20.4. The molecule has 136 valence electrons.